The Hall–Kier alpha value is -2.06. The molecule has 0 amide bonds. The molecule has 22 heavy (non-hydrogen) atoms. The van der Waals surface area contributed by atoms with Gasteiger partial charge in [-0.05, 0) is 44.2 Å². The third-order valence-electron chi connectivity index (χ3n) is 4.85. The van der Waals surface area contributed by atoms with Crippen LogP contribution in [0, 0.1) is 11.3 Å². The Bertz CT molecular complexity index is 709. The van der Waals surface area contributed by atoms with Crippen molar-refractivity contribution in [2.24, 2.45) is 0 Å². The Labute approximate surface area is 130 Å². The molecule has 0 bridgehead atoms. The van der Waals surface area contributed by atoms with E-state index in [9.17, 15) is 0 Å². The highest BCUT2D eigenvalue weighted by Crippen LogP contribution is 2.29. The van der Waals surface area contributed by atoms with Crippen molar-refractivity contribution in [2.45, 2.75) is 44.7 Å². The highest BCUT2D eigenvalue weighted by atomic mass is 16.3. The minimum atomic E-state index is 0.398. The molecule has 0 N–H and O–H groups in total. The number of fused-ring (bicyclic) bond motifs is 1. The lowest BCUT2D eigenvalue weighted by Gasteiger charge is -2.19. The maximum absolute atomic E-state index is 8.82. The second kappa shape index (κ2) is 5.62. The van der Waals surface area contributed by atoms with Crippen molar-refractivity contribution in [3.05, 3.63) is 41.4 Å². The third-order valence-corrected chi connectivity index (χ3v) is 4.85. The molecular weight excluding hydrogens is 276 g/mol. The van der Waals surface area contributed by atoms with Crippen LogP contribution in [-0.2, 0) is 19.4 Å². The fourth-order valence-electron chi connectivity index (χ4n) is 3.73. The van der Waals surface area contributed by atoms with E-state index in [1.54, 1.807) is 6.07 Å². The molecule has 2 aromatic heterocycles. The van der Waals surface area contributed by atoms with Crippen LogP contribution in [0.15, 0.2) is 22.9 Å². The third kappa shape index (κ3) is 2.44. The van der Waals surface area contributed by atoms with Crippen molar-refractivity contribution in [2.75, 3.05) is 13.1 Å². The Balaban J connectivity index is 1.44. The Morgan fingerprint density at radius 3 is 3.09 bits per heavy atom. The normalized spacial score (nSPS) is 21.7. The zero-order chi connectivity index (χ0) is 14.9. The van der Waals surface area contributed by atoms with Crippen LogP contribution < -0.4 is 0 Å². The Morgan fingerprint density at radius 1 is 1.32 bits per heavy atom. The summed E-state index contributed by atoms with van der Waals surface area (Å²) in [5, 5.41) is 8.82. The van der Waals surface area contributed by atoms with E-state index in [0.717, 1.165) is 38.2 Å². The van der Waals surface area contributed by atoms with Gasteiger partial charge in [0.15, 0.2) is 0 Å². The molecule has 5 heteroatoms. The van der Waals surface area contributed by atoms with Crippen LogP contribution in [-0.4, -0.2) is 27.5 Å². The molecule has 1 atom stereocenters. The van der Waals surface area contributed by atoms with Crippen molar-refractivity contribution < 1.29 is 4.42 Å². The smallest absolute Gasteiger partial charge is 0.203 e. The standard InChI is InChI=1S/C17H20N4O/c18-9-14-5-6-15(22-14)11-20-8-7-13(10-20)21-12-19-16-3-1-2-4-17(16)21/h5-6,12-13H,1-4,7-8,10-11H2. The van der Waals surface area contributed by atoms with E-state index >= 15 is 0 Å². The molecule has 2 aromatic rings. The van der Waals surface area contributed by atoms with Crippen LogP contribution in [0.3, 0.4) is 0 Å². The topological polar surface area (TPSA) is 58.0 Å². The van der Waals surface area contributed by atoms with Gasteiger partial charge in [-0.25, -0.2) is 4.98 Å². The van der Waals surface area contributed by atoms with E-state index in [2.05, 4.69) is 14.5 Å². The second-order valence-electron chi connectivity index (χ2n) is 6.31. The summed E-state index contributed by atoms with van der Waals surface area (Å²) in [6.45, 7) is 2.89. The predicted octanol–water partition coefficient (Wildman–Crippen LogP) is 2.67. The highest BCUT2D eigenvalue weighted by molar-refractivity contribution is 5.19. The molecule has 3 heterocycles. The van der Waals surface area contributed by atoms with Gasteiger partial charge in [0.1, 0.15) is 11.8 Å². The molecule has 2 aliphatic rings. The molecule has 1 aliphatic heterocycles. The van der Waals surface area contributed by atoms with Crippen molar-refractivity contribution in [1.82, 2.24) is 14.5 Å². The van der Waals surface area contributed by atoms with Gasteiger partial charge < -0.3 is 8.98 Å². The monoisotopic (exact) mass is 296 g/mol. The number of likely N-dealkylation sites (tertiary alicyclic amines) is 1. The first-order valence-corrected chi connectivity index (χ1v) is 8.09. The number of nitrogens with zero attached hydrogens (tertiary/aromatic N) is 4. The van der Waals surface area contributed by atoms with Crippen LogP contribution >= 0.6 is 0 Å². The van der Waals surface area contributed by atoms with Gasteiger partial charge in [0.2, 0.25) is 5.76 Å². The predicted molar refractivity (Wildman–Crippen MR) is 81.2 cm³/mol. The van der Waals surface area contributed by atoms with Gasteiger partial charge in [0.25, 0.3) is 0 Å². The molecule has 0 saturated carbocycles. The number of hydrogen-bond acceptors (Lipinski definition) is 4. The number of aromatic nitrogens is 2. The molecule has 0 spiro atoms. The molecule has 114 valence electrons. The van der Waals surface area contributed by atoms with Gasteiger partial charge in [0, 0.05) is 24.8 Å². The molecule has 0 aromatic carbocycles. The summed E-state index contributed by atoms with van der Waals surface area (Å²) in [6, 6.07) is 6.22. The van der Waals surface area contributed by atoms with Crippen molar-refractivity contribution in [3.63, 3.8) is 0 Å². The summed E-state index contributed by atoms with van der Waals surface area (Å²) >= 11 is 0. The number of hydrogen-bond donors (Lipinski definition) is 0. The lowest BCUT2D eigenvalue weighted by Crippen LogP contribution is -2.21. The SMILES string of the molecule is N#Cc1ccc(CN2CCC(n3cnc4c3CCCC4)C2)o1. The first kappa shape index (κ1) is 13.6. The quantitative estimate of drug-likeness (QED) is 0.873. The number of furan rings is 1. The maximum Gasteiger partial charge on any atom is 0.203 e. The zero-order valence-electron chi connectivity index (χ0n) is 12.7. The largest absolute Gasteiger partial charge is 0.449 e. The van der Waals surface area contributed by atoms with Crippen LogP contribution in [0.1, 0.15) is 48.2 Å². The van der Waals surface area contributed by atoms with Gasteiger partial charge in [0.05, 0.1) is 18.6 Å². The van der Waals surface area contributed by atoms with Gasteiger partial charge in [-0.3, -0.25) is 4.90 Å². The molecule has 1 fully saturated rings. The molecular formula is C17H20N4O. The summed E-state index contributed by atoms with van der Waals surface area (Å²) in [7, 11) is 0. The first-order chi connectivity index (χ1) is 10.8. The second-order valence-corrected chi connectivity index (χ2v) is 6.31. The van der Waals surface area contributed by atoms with Crippen LogP contribution in [0.5, 0.6) is 0 Å². The van der Waals surface area contributed by atoms with Gasteiger partial charge in [-0.1, -0.05) is 0 Å². The van der Waals surface area contributed by atoms with E-state index in [1.807, 2.05) is 18.5 Å². The average Bonchev–Trinajstić information content (AvgIpc) is 3.26. The first-order valence-electron chi connectivity index (χ1n) is 8.09. The molecule has 1 unspecified atom stereocenters. The zero-order valence-corrected chi connectivity index (χ0v) is 12.7. The lowest BCUT2D eigenvalue weighted by molar-refractivity contribution is 0.284. The van der Waals surface area contributed by atoms with Crippen LogP contribution in [0.25, 0.3) is 0 Å². The van der Waals surface area contributed by atoms with Gasteiger partial charge >= 0.3 is 0 Å². The van der Waals surface area contributed by atoms with E-state index in [4.69, 9.17) is 9.68 Å². The molecule has 1 saturated heterocycles. The van der Waals surface area contributed by atoms with Crippen molar-refractivity contribution in [3.8, 4) is 6.07 Å². The van der Waals surface area contributed by atoms with Crippen molar-refractivity contribution in [1.29, 1.82) is 5.26 Å². The number of aryl methyl sites for hydroxylation is 1. The summed E-state index contributed by atoms with van der Waals surface area (Å²) in [5.41, 5.74) is 2.78. The van der Waals surface area contributed by atoms with Crippen LogP contribution in [0.4, 0.5) is 0 Å². The summed E-state index contributed by atoms with van der Waals surface area (Å²) < 4.78 is 7.90. The molecule has 5 nitrogen and oxygen atoms in total. The summed E-state index contributed by atoms with van der Waals surface area (Å²) in [5.74, 6) is 1.28. The fraction of sp³-hybridized carbons (Fsp3) is 0.529. The van der Waals surface area contributed by atoms with E-state index in [0.29, 0.717) is 11.8 Å². The minimum absolute atomic E-state index is 0.398. The fourth-order valence-corrected chi connectivity index (χ4v) is 3.73. The lowest BCUT2D eigenvalue weighted by atomic mass is 10.0. The molecule has 0 radical (unpaired) electrons. The summed E-state index contributed by atoms with van der Waals surface area (Å²) in [6.07, 6.45) is 8.09. The van der Waals surface area contributed by atoms with Crippen LogP contribution in [0.2, 0.25) is 0 Å². The highest BCUT2D eigenvalue weighted by Gasteiger charge is 2.27. The number of nitriles is 1. The van der Waals surface area contributed by atoms with Gasteiger partial charge in [-0.2, -0.15) is 5.26 Å². The Kier molecular flexibility index (Phi) is 3.47. The van der Waals surface area contributed by atoms with E-state index in [1.165, 1.54) is 30.7 Å². The summed E-state index contributed by atoms with van der Waals surface area (Å²) in [4.78, 5) is 7.02. The molecule has 1 aliphatic carbocycles. The van der Waals surface area contributed by atoms with Crippen molar-refractivity contribution >= 4 is 0 Å². The number of imidazole rings is 1. The average molecular weight is 296 g/mol. The van der Waals surface area contributed by atoms with Gasteiger partial charge in [-0.15, -0.1) is 0 Å². The van der Waals surface area contributed by atoms with E-state index < -0.39 is 0 Å². The molecule has 4 rings (SSSR count). The van der Waals surface area contributed by atoms with E-state index in [-0.39, 0.29) is 0 Å². The minimum Gasteiger partial charge on any atom is -0.449 e. The Morgan fingerprint density at radius 2 is 2.23 bits per heavy atom. The maximum atomic E-state index is 8.82. The number of rotatable bonds is 3.